The number of alkyl halides is 1. The molecule has 2 unspecified atom stereocenters. The van der Waals surface area contributed by atoms with E-state index in [0.29, 0.717) is 6.10 Å². The molecule has 0 amide bonds. The Balaban J connectivity index is 1.92. The zero-order valence-electron chi connectivity index (χ0n) is 8.39. The summed E-state index contributed by atoms with van der Waals surface area (Å²) in [5.41, 5.74) is 0. The van der Waals surface area contributed by atoms with Gasteiger partial charge in [-0.3, -0.25) is 0 Å². The van der Waals surface area contributed by atoms with Crippen LogP contribution in [0, 0.1) is 0 Å². The van der Waals surface area contributed by atoms with E-state index in [9.17, 15) is 0 Å². The van der Waals surface area contributed by atoms with E-state index in [2.05, 4.69) is 5.32 Å². The van der Waals surface area contributed by atoms with Crippen LogP contribution in [-0.4, -0.2) is 31.2 Å². The molecular weight excluding hydrogens is 186 g/mol. The lowest BCUT2D eigenvalue weighted by Gasteiger charge is -2.22. The first-order valence-electron chi connectivity index (χ1n) is 5.25. The molecule has 78 valence electrons. The van der Waals surface area contributed by atoms with E-state index < -0.39 is 0 Å². The number of hydrogen-bond donors (Lipinski definition) is 1. The van der Waals surface area contributed by atoms with Gasteiger partial charge in [-0.05, 0) is 39.2 Å². The van der Waals surface area contributed by atoms with Gasteiger partial charge in [0.2, 0.25) is 0 Å². The van der Waals surface area contributed by atoms with E-state index in [1.807, 2.05) is 6.92 Å². The van der Waals surface area contributed by atoms with Crippen LogP contribution in [0.1, 0.15) is 32.6 Å². The zero-order valence-corrected chi connectivity index (χ0v) is 9.15. The predicted molar refractivity (Wildman–Crippen MR) is 56.4 cm³/mol. The van der Waals surface area contributed by atoms with Crippen molar-refractivity contribution in [2.24, 2.45) is 0 Å². The number of rotatable bonds is 5. The van der Waals surface area contributed by atoms with Gasteiger partial charge < -0.3 is 10.1 Å². The summed E-state index contributed by atoms with van der Waals surface area (Å²) in [7, 11) is 0. The van der Waals surface area contributed by atoms with Crippen molar-refractivity contribution in [1.82, 2.24) is 5.32 Å². The highest BCUT2D eigenvalue weighted by atomic mass is 35.5. The summed E-state index contributed by atoms with van der Waals surface area (Å²) in [6.07, 6.45) is 5.24. The Labute approximate surface area is 86.0 Å². The van der Waals surface area contributed by atoms with Crippen LogP contribution in [0.25, 0.3) is 0 Å². The Morgan fingerprint density at radius 1 is 1.54 bits per heavy atom. The second-order valence-corrected chi connectivity index (χ2v) is 4.51. The van der Waals surface area contributed by atoms with Crippen LogP contribution in [-0.2, 0) is 4.74 Å². The highest BCUT2D eigenvalue weighted by Crippen LogP contribution is 2.11. The first kappa shape index (κ1) is 11.3. The molecule has 2 atom stereocenters. The molecule has 0 aromatic rings. The zero-order chi connectivity index (χ0) is 9.52. The lowest BCUT2D eigenvalue weighted by molar-refractivity contribution is 0.0170. The molecule has 13 heavy (non-hydrogen) atoms. The Bertz CT molecular complexity index is 124. The van der Waals surface area contributed by atoms with Crippen molar-refractivity contribution in [3.63, 3.8) is 0 Å². The fraction of sp³-hybridized carbons (Fsp3) is 1.00. The summed E-state index contributed by atoms with van der Waals surface area (Å²) in [5.74, 6) is 0. The molecule has 0 aliphatic carbocycles. The Hall–Kier alpha value is 0.210. The van der Waals surface area contributed by atoms with Gasteiger partial charge in [0.1, 0.15) is 0 Å². The van der Waals surface area contributed by atoms with Crippen molar-refractivity contribution < 1.29 is 4.74 Å². The fourth-order valence-electron chi connectivity index (χ4n) is 1.53. The Morgan fingerprint density at radius 3 is 3.00 bits per heavy atom. The van der Waals surface area contributed by atoms with Gasteiger partial charge in [-0.2, -0.15) is 0 Å². The number of ether oxygens (including phenoxy) is 1. The molecule has 1 fully saturated rings. The van der Waals surface area contributed by atoms with Crippen LogP contribution in [0.15, 0.2) is 0 Å². The van der Waals surface area contributed by atoms with Gasteiger partial charge in [0.25, 0.3) is 0 Å². The highest BCUT2D eigenvalue weighted by Gasteiger charge is 2.12. The summed E-state index contributed by atoms with van der Waals surface area (Å²) in [4.78, 5) is 0. The van der Waals surface area contributed by atoms with Gasteiger partial charge in [-0.25, -0.2) is 0 Å². The van der Waals surface area contributed by atoms with E-state index in [-0.39, 0.29) is 5.38 Å². The van der Waals surface area contributed by atoms with Crippen molar-refractivity contribution >= 4 is 11.6 Å². The lowest BCUT2D eigenvalue weighted by Crippen LogP contribution is -2.32. The van der Waals surface area contributed by atoms with Crippen molar-refractivity contribution in [2.75, 3.05) is 19.7 Å². The van der Waals surface area contributed by atoms with Crippen molar-refractivity contribution in [1.29, 1.82) is 0 Å². The lowest BCUT2D eigenvalue weighted by atomic mass is 10.1. The SMILES string of the molecule is CC(Cl)CCNCC1CCCCO1. The third-order valence-electron chi connectivity index (χ3n) is 2.36. The molecule has 0 bridgehead atoms. The monoisotopic (exact) mass is 205 g/mol. The average molecular weight is 206 g/mol. The van der Waals surface area contributed by atoms with Crippen LogP contribution in [0.4, 0.5) is 0 Å². The van der Waals surface area contributed by atoms with Gasteiger partial charge in [0.15, 0.2) is 0 Å². The second-order valence-electron chi connectivity index (χ2n) is 3.76. The Morgan fingerprint density at radius 2 is 2.38 bits per heavy atom. The minimum atomic E-state index is 0.278. The van der Waals surface area contributed by atoms with E-state index in [1.165, 1.54) is 19.3 Å². The van der Waals surface area contributed by atoms with Gasteiger partial charge in [0, 0.05) is 18.5 Å². The molecule has 0 radical (unpaired) electrons. The minimum absolute atomic E-state index is 0.278. The molecule has 1 N–H and O–H groups in total. The van der Waals surface area contributed by atoms with E-state index in [4.69, 9.17) is 16.3 Å². The molecule has 1 aliphatic rings. The summed E-state index contributed by atoms with van der Waals surface area (Å²) < 4.78 is 5.59. The summed E-state index contributed by atoms with van der Waals surface area (Å²) in [6.45, 7) is 4.97. The maximum Gasteiger partial charge on any atom is 0.0699 e. The second kappa shape index (κ2) is 6.63. The molecule has 3 heteroatoms. The molecule has 2 nitrogen and oxygen atoms in total. The third-order valence-corrected chi connectivity index (χ3v) is 2.58. The first-order valence-corrected chi connectivity index (χ1v) is 5.69. The molecule has 0 saturated carbocycles. The number of nitrogens with one attached hydrogen (secondary N) is 1. The van der Waals surface area contributed by atoms with Crippen molar-refractivity contribution in [3.05, 3.63) is 0 Å². The van der Waals surface area contributed by atoms with Gasteiger partial charge >= 0.3 is 0 Å². The molecule has 1 rings (SSSR count). The van der Waals surface area contributed by atoms with Gasteiger partial charge in [-0.15, -0.1) is 11.6 Å². The maximum absolute atomic E-state index is 5.83. The van der Waals surface area contributed by atoms with Crippen LogP contribution < -0.4 is 5.32 Å². The number of hydrogen-bond acceptors (Lipinski definition) is 2. The van der Waals surface area contributed by atoms with Gasteiger partial charge in [0.05, 0.1) is 6.10 Å². The molecular formula is C10H20ClNO. The summed E-state index contributed by atoms with van der Waals surface area (Å²) in [5, 5.41) is 3.65. The average Bonchev–Trinajstić information content (AvgIpc) is 2.14. The van der Waals surface area contributed by atoms with E-state index in [1.54, 1.807) is 0 Å². The van der Waals surface area contributed by atoms with Crippen LogP contribution in [0.2, 0.25) is 0 Å². The minimum Gasteiger partial charge on any atom is -0.377 e. The first-order chi connectivity index (χ1) is 6.29. The molecule has 1 heterocycles. The Kier molecular flexibility index (Phi) is 5.76. The fourth-order valence-corrected chi connectivity index (χ4v) is 1.64. The molecule has 1 saturated heterocycles. The normalized spacial score (nSPS) is 25.8. The standard InChI is InChI=1S/C10H20ClNO/c1-9(11)5-6-12-8-10-4-2-3-7-13-10/h9-10,12H,2-8H2,1H3. The predicted octanol–water partition coefficient (Wildman–Crippen LogP) is 2.16. The summed E-state index contributed by atoms with van der Waals surface area (Å²) >= 11 is 5.83. The van der Waals surface area contributed by atoms with Crippen molar-refractivity contribution in [2.45, 2.75) is 44.1 Å². The van der Waals surface area contributed by atoms with E-state index >= 15 is 0 Å². The highest BCUT2D eigenvalue weighted by molar-refractivity contribution is 6.20. The topological polar surface area (TPSA) is 21.3 Å². The molecule has 0 aromatic heterocycles. The number of halogens is 1. The van der Waals surface area contributed by atoms with Gasteiger partial charge in [-0.1, -0.05) is 0 Å². The molecule has 0 aromatic carbocycles. The largest absolute Gasteiger partial charge is 0.377 e. The third kappa shape index (κ3) is 5.50. The molecule has 0 spiro atoms. The van der Waals surface area contributed by atoms with E-state index in [0.717, 1.165) is 26.1 Å². The van der Waals surface area contributed by atoms with Crippen molar-refractivity contribution in [3.8, 4) is 0 Å². The van der Waals surface area contributed by atoms with Crippen LogP contribution in [0.5, 0.6) is 0 Å². The van der Waals surface area contributed by atoms with Crippen LogP contribution in [0.3, 0.4) is 0 Å². The maximum atomic E-state index is 5.83. The smallest absolute Gasteiger partial charge is 0.0699 e. The quantitative estimate of drug-likeness (QED) is 0.549. The van der Waals surface area contributed by atoms with Crippen LogP contribution >= 0.6 is 11.6 Å². The summed E-state index contributed by atoms with van der Waals surface area (Å²) in [6, 6.07) is 0. The molecule has 1 aliphatic heterocycles.